The SMILES string of the molecule is CCC(Cc1ccccc1)(NC(=O)CN)c1ccccc1. The summed E-state index contributed by atoms with van der Waals surface area (Å²) in [7, 11) is 0. The number of nitrogens with two attached hydrogens (primary N) is 1. The highest BCUT2D eigenvalue weighted by molar-refractivity contribution is 5.79. The number of benzene rings is 2. The maximum atomic E-state index is 11.9. The molecular weight excluding hydrogens is 260 g/mol. The normalized spacial score (nSPS) is 13.4. The van der Waals surface area contributed by atoms with Crippen LogP contribution in [-0.2, 0) is 16.8 Å². The molecule has 21 heavy (non-hydrogen) atoms. The van der Waals surface area contributed by atoms with Crippen LogP contribution in [0.3, 0.4) is 0 Å². The summed E-state index contributed by atoms with van der Waals surface area (Å²) in [6, 6.07) is 20.3. The zero-order valence-electron chi connectivity index (χ0n) is 12.4. The van der Waals surface area contributed by atoms with Gasteiger partial charge in [0.25, 0.3) is 0 Å². The van der Waals surface area contributed by atoms with Gasteiger partial charge in [-0.15, -0.1) is 0 Å². The van der Waals surface area contributed by atoms with E-state index in [9.17, 15) is 4.79 Å². The molecule has 0 radical (unpaired) electrons. The Morgan fingerprint density at radius 1 is 1.05 bits per heavy atom. The van der Waals surface area contributed by atoms with E-state index in [2.05, 4.69) is 36.5 Å². The van der Waals surface area contributed by atoms with Crippen molar-refractivity contribution in [2.24, 2.45) is 5.73 Å². The van der Waals surface area contributed by atoms with E-state index in [0.717, 1.165) is 18.4 Å². The molecule has 2 aromatic rings. The Labute approximate surface area is 126 Å². The van der Waals surface area contributed by atoms with Crippen LogP contribution >= 0.6 is 0 Å². The third-order valence-electron chi connectivity index (χ3n) is 3.84. The first-order valence-corrected chi connectivity index (χ1v) is 7.31. The molecule has 2 aromatic carbocycles. The third kappa shape index (κ3) is 3.70. The number of amides is 1. The first-order valence-electron chi connectivity index (χ1n) is 7.31. The molecule has 0 fully saturated rings. The van der Waals surface area contributed by atoms with Crippen LogP contribution < -0.4 is 11.1 Å². The van der Waals surface area contributed by atoms with Crippen LogP contribution in [0.5, 0.6) is 0 Å². The monoisotopic (exact) mass is 282 g/mol. The van der Waals surface area contributed by atoms with Gasteiger partial charge in [-0.1, -0.05) is 67.6 Å². The van der Waals surface area contributed by atoms with Crippen molar-refractivity contribution in [2.45, 2.75) is 25.3 Å². The first kappa shape index (κ1) is 15.3. The minimum atomic E-state index is -0.418. The molecule has 0 saturated heterocycles. The van der Waals surface area contributed by atoms with E-state index in [4.69, 9.17) is 5.73 Å². The molecule has 3 N–H and O–H groups in total. The molecule has 0 saturated carbocycles. The Morgan fingerprint density at radius 2 is 1.62 bits per heavy atom. The van der Waals surface area contributed by atoms with Crippen molar-refractivity contribution in [3.05, 3.63) is 71.8 Å². The molecule has 1 atom stereocenters. The van der Waals surface area contributed by atoms with E-state index in [1.165, 1.54) is 5.56 Å². The van der Waals surface area contributed by atoms with Gasteiger partial charge < -0.3 is 11.1 Å². The quantitative estimate of drug-likeness (QED) is 0.855. The van der Waals surface area contributed by atoms with Gasteiger partial charge in [-0.05, 0) is 24.0 Å². The van der Waals surface area contributed by atoms with Gasteiger partial charge in [0.2, 0.25) is 5.91 Å². The largest absolute Gasteiger partial charge is 0.345 e. The van der Waals surface area contributed by atoms with Crippen LogP contribution in [0, 0.1) is 0 Å². The second-order valence-corrected chi connectivity index (χ2v) is 5.22. The molecule has 0 spiro atoms. The highest BCUT2D eigenvalue weighted by atomic mass is 16.2. The lowest BCUT2D eigenvalue weighted by atomic mass is 9.81. The molecular formula is C18H22N2O. The second kappa shape index (κ2) is 7.04. The van der Waals surface area contributed by atoms with Crippen LogP contribution in [0.2, 0.25) is 0 Å². The van der Waals surface area contributed by atoms with Crippen LogP contribution in [0.1, 0.15) is 24.5 Å². The molecule has 1 unspecified atom stereocenters. The van der Waals surface area contributed by atoms with Crippen LogP contribution in [0.4, 0.5) is 0 Å². The molecule has 0 aliphatic carbocycles. The minimum Gasteiger partial charge on any atom is -0.345 e. The molecule has 0 aromatic heterocycles. The molecule has 3 nitrogen and oxygen atoms in total. The van der Waals surface area contributed by atoms with E-state index in [0.29, 0.717) is 0 Å². The third-order valence-corrected chi connectivity index (χ3v) is 3.84. The number of carbonyl (C=O) groups is 1. The summed E-state index contributed by atoms with van der Waals surface area (Å²) in [5.41, 5.74) is 7.38. The highest BCUT2D eigenvalue weighted by Crippen LogP contribution is 2.29. The van der Waals surface area contributed by atoms with Crippen molar-refractivity contribution in [2.75, 3.05) is 6.54 Å². The molecule has 0 bridgehead atoms. The van der Waals surface area contributed by atoms with Gasteiger partial charge in [-0.2, -0.15) is 0 Å². The van der Waals surface area contributed by atoms with E-state index >= 15 is 0 Å². The fraction of sp³-hybridized carbons (Fsp3) is 0.278. The van der Waals surface area contributed by atoms with E-state index in [1.807, 2.05) is 36.4 Å². The summed E-state index contributed by atoms with van der Waals surface area (Å²) >= 11 is 0. The maximum Gasteiger partial charge on any atom is 0.234 e. The van der Waals surface area contributed by atoms with Crippen molar-refractivity contribution in [3.8, 4) is 0 Å². The molecule has 3 heteroatoms. The Bertz CT molecular complexity index is 568. The Morgan fingerprint density at radius 3 is 2.14 bits per heavy atom. The topological polar surface area (TPSA) is 55.1 Å². The van der Waals surface area contributed by atoms with Crippen molar-refractivity contribution in [1.82, 2.24) is 5.32 Å². The van der Waals surface area contributed by atoms with Crippen molar-refractivity contribution in [1.29, 1.82) is 0 Å². The fourth-order valence-corrected chi connectivity index (χ4v) is 2.66. The highest BCUT2D eigenvalue weighted by Gasteiger charge is 2.31. The minimum absolute atomic E-state index is 0.00335. The zero-order valence-corrected chi connectivity index (χ0v) is 12.4. The summed E-state index contributed by atoms with van der Waals surface area (Å²) in [5, 5.41) is 3.13. The number of carbonyl (C=O) groups excluding carboxylic acids is 1. The van der Waals surface area contributed by atoms with Crippen molar-refractivity contribution in [3.63, 3.8) is 0 Å². The van der Waals surface area contributed by atoms with Crippen molar-refractivity contribution >= 4 is 5.91 Å². The van der Waals surface area contributed by atoms with Gasteiger partial charge in [0.15, 0.2) is 0 Å². The number of hydrogen-bond donors (Lipinski definition) is 2. The second-order valence-electron chi connectivity index (χ2n) is 5.22. The van der Waals surface area contributed by atoms with Gasteiger partial charge in [0.05, 0.1) is 12.1 Å². The Balaban J connectivity index is 2.39. The number of rotatable bonds is 6. The molecule has 0 aliphatic rings. The summed E-state index contributed by atoms with van der Waals surface area (Å²) < 4.78 is 0. The van der Waals surface area contributed by atoms with Gasteiger partial charge in [-0.3, -0.25) is 4.79 Å². The number of nitrogens with one attached hydrogen (secondary N) is 1. The molecule has 0 heterocycles. The average Bonchev–Trinajstić information content (AvgIpc) is 2.55. The fourth-order valence-electron chi connectivity index (χ4n) is 2.66. The molecule has 0 aliphatic heterocycles. The Kier molecular flexibility index (Phi) is 5.12. The summed E-state index contributed by atoms with van der Waals surface area (Å²) in [6.45, 7) is 2.09. The van der Waals surface area contributed by atoms with Crippen LogP contribution in [0.15, 0.2) is 60.7 Å². The van der Waals surface area contributed by atoms with Crippen molar-refractivity contribution < 1.29 is 4.79 Å². The lowest BCUT2D eigenvalue weighted by Gasteiger charge is -2.35. The van der Waals surface area contributed by atoms with E-state index in [1.54, 1.807) is 0 Å². The van der Waals surface area contributed by atoms with Gasteiger partial charge in [0, 0.05) is 0 Å². The maximum absolute atomic E-state index is 11.9. The predicted octanol–water partition coefficient (Wildman–Crippen LogP) is 2.61. The molecule has 2 rings (SSSR count). The van der Waals surface area contributed by atoms with E-state index in [-0.39, 0.29) is 12.5 Å². The van der Waals surface area contributed by atoms with Gasteiger partial charge >= 0.3 is 0 Å². The van der Waals surface area contributed by atoms with Gasteiger partial charge in [0.1, 0.15) is 0 Å². The Hall–Kier alpha value is -2.13. The standard InChI is InChI=1S/C18H22N2O/c1-2-18(20-17(21)14-19,16-11-7-4-8-12-16)13-15-9-5-3-6-10-15/h3-12H,2,13-14,19H2,1H3,(H,20,21). The average molecular weight is 282 g/mol. The summed E-state index contributed by atoms with van der Waals surface area (Å²) in [5.74, 6) is -0.128. The first-order chi connectivity index (χ1) is 10.2. The van der Waals surface area contributed by atoms with Gasteiger partial charge in [-0.25, -0.2) is 0 Å². The summed E-state index contributed by atoms with van der Waals surface area (Å²) in [6.07, 6.45) is 1.55. The predicted molar refractivity (Wildman–Crippen MR) is 85.8 cm³/mol. The molecule has 110 valence electrons. The smallest absolute Gasteiger partial charge is 0.234 e. The van der Waals surface area contributed by atoms with Crippen LogP contribution in [0.25, 0.3) is 0 Å². The number of hydrogen-bond acceptors (Lipinski definition) is 2. The molecule has 1 amide bonds. The lowest BCUT2D eigenvalue weighted by molar-refractivity contribution is -0.121. The zero-order chi connectivity index (χ0) is 15.1. The lowest BCUT2D eigenvalue weighted by Crippen LogP contribution is -2.49. The van der Waals surface area contributed by atoms with Crippen LogP contribution in [-0.4, -0.2) is 12.5 Å². The van der Waals surface area contributed by atoms with E-state index < -0.39 is 5.54 Å². The summed E-state index contributed by atoms with van der Waals surface area (Å²) in [4.78, 5) is 11.9.